The molecule has 3 aromatic rings. The molecule has 2 aromatic carbocycles. The molecule has 4 heteroatoms. The van der Waals surface area contributed by atoms with Gasteiger partial charge in [-0.25, -0.2) is 0 Å². The lowest BCUT2D eigenvalue weighted by Gasteiger charge is -2.44. The molecule has 0 N–H and O–H groups in total. The highest BCUT2D eigenvalue weighted by molar-refractivity contribution is 9.10. The zero-order chi connectivity index (χ0) is 16.4. The van der Waals surface area contributed by atoms with E-state index < -0.39 is 0 Å². The maximum Gasteiger partial charge on any atom is 0.0632 e. The number of aromatic nitrogens is 2. The van der Waals surface area contributed by atoms with Crippen LogP contribution in [0.5, 0.6) is 0 Å². The van der Waals surface area contributed by atoms with Gasteiger partial charge in [-0.05, 0) is 27.1 Å². The third-order valence-electron chi connectivity index (χ3n) is 4.63. The molecule has 0 amide bonds. The summed E-state index contributed by atoms with van der Waals surface area (Å²) in [6, 6.07) is 21.9. The molecule has 0 unspecified atom stereocenters. The lowest BCUT2D eigenvalue weighted by atomic mass is 9.90. The Morgan fingerprint density at radius 2 is 1.54 bits per heavy atom. The summed E-state index contributed by atoms with van der Waals surface area (Å²) in [7, 11) is 0. The molecule has 24 heavy (non-hydrogen) atoms. The van der Waals surface area contributed by atoms with Gasteiger partial charge in [0, 0.05) is 31.7 Å². The Hall–Kier alpha value is -1.91. The first-order chi connectivity index (χ1) is 11.8. The van der Waals surface area contributed by atoms with E-state index in [1.165, 1.54) is 11.1 Å². The first kappa shape index (κ1) is 15.6. The highest BCUT2D eigenvalue weighted by Crippen LogP contribution is 2.34. The molecular weight excluding hydrogens is 362 g/mol. The monoisotopic (exact) mass is 381 g/mol. The van der Waals surface area contributed by atoms with E-state index in [0.29, 0.717) is 12.0 Å². The average Bonchev–Trinajstić information content (AvgIpc) is 3.00. The Bertz CT molecular complexity index is 739. The number of nitrogens with zero attached hydrogens (tertiary/aromatic N) is 3. The number of likely N-dealkylation sites (tertiary alicyclic amines) is 1. The summed E-state index contributed by atoms with van der Waals surface area (Å²) in [6.07, 6.45) is 3.90. The van der Waals surface area contributed by atoms with Crippen molar-refractivity contribution in [3.63, 3.8) is 0 Å². The fourth-order valence-electron chi connectivity index (χ4n) is 3.52. The molecule has 1 fully saturated rings. The summed E-state index contributed by atoms with van der Waals surface area (Å²) < 4.78 is 3.08. The van der Waals surface area contributed by atoms with Crippen molar-refractivity contribution < 1.29 is 0 Å². The third kappa shape index (κ3) is 3.30. The van der Waals surface area contributed by atoms with Gasteiger partial charge in [0.05, 0.1) is 16.7 Å². The Balaban J connectivity index is 1.49. The first-order valence-electron chi connectivity index (χ1n) is 8.31. The van der Waals surface area contributed by atoms with Gasteiger partial charge >= 0.3 is 0 Å². The molecule has 1 saturated heterocycles. The van der Waals surface area contributed by atoms with Gasteiger partial charge in [-0.3, -0.25) is 9.58 Å². The van der Waals surface area contributed by atoms with Crippen LogP contribution in [-0.4, -0.2) is 27.8 Å². The van der Waals surface area contributed by atoms with Crippen LogP contribution >= 0.6 is 15.9 Å². The molecule has 122 valence electrons. The molecule has 0 aliphatic carbocycles. The van der Waals surface area contributed by atoms with Crippen LogP contribution in [-0.2, 0) is 6.54 Å². The van der Waals surface area contributed by atoms with Crippen LogP contribution in [0.3, 0.4) is 0 Å². The van der Waals surface area contributed by atoms with Crippen molar-refractivity contribution in [2.24, 2.45) is 5.92 Å². The molecule has 0 saturated carbocycles. The second-order valence-corrected chi connectivity index (χ2v) is 7.34. The van der Waals surface area contributed by atoms with Crippen LogP contribution in [0.4, 0.5) is 0 Å². The third-order valence-corrected chi connectivity index (χ3v) is 5.04. The highest BCUT2D eigenvalue weighted by Gasteiger charge is 2.34. The topological polar surface area (TPSA) is 21.1 Å². The van der Waals surface area contributed by atoms with Crippen molar-refractivity contribution in [3.05, 3.63) is 88.7 Å². The minimum absolute atomic E-state index is 0.341. The van der Waals surface area contributed by atoms with E-state index in [4.69, 9.17) is 0 Å². The van der Waals surface area contributed by atoms with Crippen LogP contribution in [0.15, 0.2) is 77.5 Å². The fraction of sp³-hybridized carbons (Fsp3) is 0.250. The SMILES string of the molecule is Brc1cnn(CC2CN(C(c3ccccc3)c3ccccc3)C2)c1. The second kappa shape index (κ2) is 6.91. The van der Waals surface area contributed by atoms with Gasteiger partial charge in [0.15, 0.2) is 0 Å². The molecular formula is C20H20BrN3. The maximum atomic E-state index is 4.38. The van der Waals surface area contributed by atoms with Crippen molar-refractivity contribution >= 4 is 15.9 Å². The second-order valence-electron chi connectivity index (χ2n) is 6.42. The van der Waals surface area contributed by atoms with Crippen LogP contribution < -0.4 is 0 Å². The molecule has 0 spiro atoms. The lowest BCUT2D eigenvalue weighted by molar-refractivity contribution is 0.0560. The Labute approximate surface area is 151 Å². The predicted octanol–water partition coefficient (Wildman–Crippen LogP) is 4.37. The van der Waals surface area contributed by atoms with E-state index in [2.05, 4.69) is 92.8 Å². The van der Waals surface area contributed by atoms with Gasteiger partial charge in [-0.2, -0.15) is 5.10 Å². The zero-order valence-corrected chi connectivity index (χ0v) is 15.0. The van der Waals surface area contributed by atoms with Gasteiger partial charge < -0.3 is 0 Å². The minimum atomic E-state index is 0.341. The van der Waals surface area contributed by atoms with E-state index in [9.17, 15) is 0 Å². The van der Waals surface area contributed by atoms with Gasteiger partial charge in [-0.1, -0.05) is 60.7 Å². The van der Waals surface area contributed by atoms with Gasteiger partial charge in [0.2, 0.25) is 0 Å². The summed E-state index contributed by atoms with van der Waals surface area (Å²) in [5.74, 6) is 0.659. The normalized spacial score (nSPS) is 15.6. The Kier molecular flexibility index (Phi) is 4.50. The van der Waals surface area contributed by atoms with Gasteiger partial charge in [0.25, 0.3) is 0 Å². The van der Waals surface area contributed by atoms with Crippen LogP contribution in [0.2, 0.25) is 0 Å². The summed E-state index contributed by atoms with van der Waals surface area (Å²) in [6.45, 7) is 3.19. The summed E-state index contributed by atoms with van der Waals surface area (Å²) >= 11 is 3.46. The molecule has 2 heterocycles. The summed E-state index contributed by atoms with van der Waals surface area (Å²) in [5.41, 5.74) is 2.73. The smallest absolute Gasteiger partial charge is 0.0632 e. The largest absolute Gasteiger partial charge is 0.292 e. The van der Waals surface area contributed by atoms with Gasteiger partial charge in [-0.15, -0.1) is 0 Å². The zero-order valence-electron chi connectivity index (χ0n) is 13.4. The lowest BCUT2D eigenvalue weighted by Crippen LogP contribution is -2.50. The number of halogens is 1. The van der Waals surface area contributed by atoms with E-state index in [0.717, 1.165) is 24.1 Å². The summed E-state index contributed by atoms with van der Waals surface area (Å²) in [4.78, 5) is 2.56. The predicted molar refractivity (Wildman–Crippen MR) is 99.7 cm³/mol. The van der Waals surface area contributed by atoms with E-state index >= 15 is 0 Å². The van der Waals surface area contributed by atoms with E-state index in [1.807, 2.05) is 10.9 Å². The molecule has 0 radical (unpaired) electrons. The Morgan fingerprint density at radius 1 is 0.958 bits per heavy atom. The van der Waals surface area contributed by atoms with E-state index in [-0.39, 0.29) is 0 Å². The Morgan fingerprint density at radius 3 is 2.04 bits per heavy atom. The quantitative estimate of drug-likeness (QED) is 0.654. The average molecular weight is 382 g/mol. The minimum Gasteiger partial charge on any atom is -0.292 e. The van der Waals surface area contributed by atoms with Crippen molar-refractivity contribution in [2.45, 2.75) is 12.6 Å². The molecule has 0 bridgehead atoms. The first-order valence-corrected chi connectivity index (χ1v) is 9.11. The number of hydrogen-bond acceptors (Lipinski definition) is 2. The van der Waals surface area contributed by atoms with Crippen LogP contribution in [0.25, 0.3) is 0 Å². The number of benzene rings is 2. The van der Waals surface area contributed by atoms with Gasteiger partial charge in [0.1, 0.15) is 0 Å². The van der Waals surface area contributed by atoms with Crippen LogP contribution in [0.1, 0.15) is 17.2 Å². The van der Waals surface area contributed by atoms with Crippen molar-refractivity contribution in [3.8, 4) is 0 Å². The number of rotatable bonds is 5. The standard InChI is InChI=1S/C20H20BrN3/c21-19-11-22-24(15-19)14-16-12-23(13-16)20(17-7-3-1-4-8-17)18-9-5-2-6-10-18/h1-11,15-16,20H,12-14H2. The molecule has 0 atom stereocenters. The highest BCUT2D eigenvalue weighted by atomic mass is 79.9. The maximum absolute atomic E-state index is 4.38. The van der Waals surface area contributed by atoms with Crippen molar-refractivity contribution in [1.82, 2.24) is 14.7 Å². The summed E-state index contributed by atoms with van der Waals surface area (Å²) in [5, 5.41) is 4.38. The van der Waals surface area contributed by atoms with E-state index in [1.54, 1.807) is 0 Å². The van der Waals surface area contributed by atoms with Crippen molar-refractivity contribution in [1.29, 1.82) is 0 Å². The van der Waals surface area contributed by atoms with Crippen molar-refractivity contribution in [2.75, 3.05) is 13.1 Å². The fourth-order valence-corrected chi connectivity index (χ4v) is 3.85. The molecule has 1 aliphatic rings. The van der Waals surface area contributed by atoms with Crippen LogP contribution in [0, 0.1) is 5.92 Å². The molecule has 1 aromatic heterocycles. The number of hydrogen-bond donors (Lipinski definition) is 0. The molecule has 3 nitrogen and oxygen atoms in total. The molecule has 4 rings (SSSR count). The molecule has 1 aliphatic heterocycles.